The highest BCUT2D eigenvalue weighted by Gasteiger charge is 2.27. The van der Waals surface area contributed by atoms with Crippen molar-refractivity contribution in [2.45, 2.75) is 52.1 Å². The Bertz CT molecular complexity index is 295. The number of hydrogen-bond donors (Lipinski definition) is 1. The van der Waals surface area contributed by atoms with Gasteiger partial charge in [0.05, 0.1) is 5.75 Å². The number of rotatable bonds is 5. The fraction of sp³-hybridized carbons (Fsp3) is 1.00. The molecule has 1 saturated heterocycles. The lowest BCUT2D eigenvalue weighted by atomic mass is 10.1. The molecule has 0 amide bonds. The summed E-state index contributed by atoms with van der Waals surface area (Å²) >= 11 is 0. The van der Waals surface area contributed by atoms with Crippen LogP contribution in [0.15, 0.2) is 0 Å². The van der Waals surface area contributed by atoms with Gasteiger partial charge in [-0.05, 0) is 33.2 Å². The van der Waals surface area contributed by atoms with Crippen molar-refractivity contribution in [2.24, 2.45) is 0 Å². The monoisotopic (exact) mass is 248 g/mol. The molecule has 0 bridgehead atoms. The van der Waals surface area contributed by atoms with Crippen LogP contribution in [0.1, 0.15) is 40.0 Å². The van der Waals surface area contributed by atoms with Crippen LogP contribution in [0.4, 0.5) is 0 Å². The van der Waals surface area contributed by atoms with E-state index in [1.807, 2.05) is 20.8 Å². The molecule has 1 fully saturated rings. The first kappa shape index (κ1) is 13.9. The van der Waals surface area contributed by atoms with Gasteiger partial charge in [-0.25, -0.2) is 8.42 Å². The second-order valence-corrected chi connectivity index (χ2v) is 6.69. The minimum Gasteiger partial charge on any atom is -0.313 e. The molecular formula is C11H24N2O2S. The van der Waals surface area contributed by atoms with Crippen LogP contribution in [0.3, 0.4) is 0 Å². The zero-order valence-corrected chi connectivity index (χ0v) is 11.4. The van der Waals surface area contributed by atoms with E-state index in [0.29, 0.717) is 6.54 Å². The molecule has 1 aliphatic rings. The van der Waals surface area contributed by atoms with Crippen molar-refractivity contribution in [1.29, 1.82) is 0 Å². The first-order valence-electron chi connectivity index (χ1n) is 6.20. The highest BCUT2D eigenvalue weighted by molar-refractivity contribution is 7.89. The number of sulfonamides is 1. The molecule has 96 valence electrons. The maximum absolute atomic E-state index is 12.2. The van der Waals surface area contributed by atoms with Gasteiger partial charge in [-0.1, -0.05) is 13.3 Å². The predicted octanol–water partition coefficient (Wildman–Crippen LogP) is 1.19. The molecule has 1 atom stereocenters. The maximum atomic E-state index is 12.2. The van der Waals surface area contributed by atoms with Crippen LogP contribution in [0, 0.1) is 0 Å². The lowest BCUT2D eigenvalue weighted by Crippen LogP contribution is -2.46. The van der Waals surface area contributed by atoms with Crippen LogP contribution < -0.4 is 5.32 Å². The van der Waals surface area contributed by atoms with Gasteiger partial charge >= 0.3 is 0 Å². The Morgan fingerprint density at radius 3 is 2.50 bits per heavy atom. The standard InChI is InChI=1S/C11H24N2O2S/c1-4-13(10(2)3)16(14,15)9-11-7-5-6-8-12-11/h10-12H,4-9H2,1-3H3. The third-order valence-corrected chi connectivity index (χ3v) is 5.29. The lowest BCUT2D eigenvalue weighted by Gasteiger charge is -2.29. The molecule has 16 heavy (non-hydrogen) atoms. The molecule has 0 aromatic carbocycles. The van der Waals surface area contributed by atoms with Crippen LogP contribution in [0.5, 0.6) is 0 Å². The highest BCUT2D eigenvalue weighted by atomic mass is 32.2. The van der Waals surface area contributed by atoms with Crippen LogP contribution in [-0.2, 0) is 10.0 Å². The Balaban J connectivity index is 2.61. The Morgan fingerprint density at radius 2 is 2.06 bits per heavy atom. The molecule has 0 aromatic heterocycles. The van der Waals surface area contributed by atoms with E-state index >= 15 is 0 Å². The second kappa shape index (κ2) is 5.98. The van der Waals surface area contributed by atoms with Gasteiger partial charge in [-0.3, -0.25) is 0 Å². The molecule has 0 aromatic rings. The molecule has 0 spiro atoms. The summed E-state index contributed by atoms with van der Waals surface area (Å²) in [4.78, 5) is 0. The van der Waals surface area contributed by atoms with E-state index in [4.69, 9.17) is 0 Å². The van der Waals surface area contributed by atoms with Gasteiger partial charge in [-0.15, -0.1) is 0 Å². The topological polar surface area (TPSA) is 49.4 Å². The minimum absolute atomic E-state index is 0.0543. The van der Waals surface area contributed by atoms with E-state index in [2.05, 4.69) is 5.32 Å². The fourth-order valence-electron chi connectivity index (χ4n) is 2.30. The van der Waals surface area contributed by atoms with E-state index in [1.54, 1.807) is 4.31 Å². The molecule has 4 nitrogen and oxygen atoms in total. The SMILES string of the molecule is CCN(C(C)C)S(=O)(=O)CC1CCCCN1. The average Bonchev–Trinajstić information content (AvgIpc) is 2.18. The number of nitrogens with one attached hydrogen (secondary N) is 1. The Hall–Kier alpha value is -0.130. The smallest absolute Gasteiger partial charge is 0.215 e. The van der Waals surface area contributed by atoms with Crippen molar-refractivity contribution < 1.29 is 8.42 Å². The Kier molecular flexibility index (Phi) is 5.21. The van der Waals surface area contributed by atoms with Gasteiger partial charge in [0.15, 0.2) is 0 Å². The average molecular weight is 248 g/mol. The number of nitrogens with zero attached hydrogens (tertiary/aromatic N) is 1. The predicted molar refractivity (Wildman–Crippen MR) is 66.9 cm³/mol. The molecule has 1 unspecified atom stereocenters. The van der Waals surface area contributed by atoms with Crippen molar-refractivity contribution in [1.82, 2.24) is 9.62 Å². The third kappa shape index (κ3) is 3.71. The fourth-order valence-corrected chi connectivity index (χ4v) is 4.32. The van der Waals surface area contributed by atoms with Gasteiger partial charge in [-0.2, -0.15) is 4.31 Å². The number of piperidine rings is 1. The summed E-state index contributed by atoms with van der Waals surface area (Å²) < 4.78 is 25.9. The molecule has 0 saturated carbocycles. The molecule has 1 rings (SSSR count). The van der Waals surface area contributed by atoms with Gasteiger partial charge in [0.1, 0.15) is 0 Å². The Morgan fingerprint density at radius 1 is 1.38 bits per heavy atom. The van der Waals surface area contributed by atoms with Crippen LogP contribution in [-0.4, -0.2) is 43.6 Å². The molecule has 0 aliphatic carbocycles. The van der Waals surface area contributed by atoms with Crippen molar-refractivity contribution in [3.8, 4) is 0 Å². The van der Waals surface area contributed by atoms with E-state index < -0.39 is 10.0 Å². The normalized spacial score (nSPS) is 22.9. The van der Waals surface area contributed by atoms with Gasteiger partial charge in [0.25, 0.3) is 0 Å². The Labute approximate surface area is 99.5 Å². The van der Waals surface area contributed by atoms with Crippen molar-refractivity contribution >= 4 is 10.0 Å². The summed E-state index contributed by atoms with van der Waals surface area (Å²) in [5, 5.41) is 3.29. The van der Waals surface area contributed by atoms with Crippen LogP contribution in [0.25, 0.3) is 0 Å². The second-order valence-electron chi connectivity index (χ2n) is 4.72. The van der Waals surface area contributed by atoms with E-state index in [9.17, 15) is 8.42 Å². The zero-order chi connectivity index (χ0) is 12.2. The maximum Gasteiger partial charge on any atom is 0.215 e. The molecule has 0 radical (unpaired) electrons. The van der Waals surface area contributed by atoms with Crippen LogP contribution >= 0.6 is 0 Å². The van der Waals surface area contributed by atoms with Crippen LogP contribution in [0.2, 0.25) is 0 Å². The quantitative estimate of drug-likeness (QED) is 0.795. The molecule has 5 heteroatoms. The summed E-state index contributed by atoms with van der Waals surface area (Å²) in [7, 11) is -3.10. The molecular weight excluding hydrogens is 224 g/mol. The minimum atomic E-state index is -3.10. The van der Waals surface area contributed by atoms with Gasteiger partial charge in [0, 0.05) is 18.6 Å². The number of hydrogen-bond acceptors (Lipinski definition) is 3. The zero-order valence-electron chi connectivity index (χ0n) is 10.6. The summed E-state index contributed by atoms with van der Waals surface area (Å²) in [5.41, 5.74) is 0. The van der Waals surface area contributed by atoms with Crippen molar-refractivity contribution in [2.75, 3.05) is 18.8 Å². The summed E-state index contributed by atoms with van der Waals surface area (Å²) in [6.07, 6.45) is 3.29. The van der Waals surface area contributed by atoms with Crippen molar-refractivity contribution in [3.63, 3.8) is 0 Å². The van der Waals surface area contributed by atoms with E-state index in [-0.39, 0.29) is 17.8 Å². The highest BCUT2D eigenvalue weighted by Crippen LogP contribution is 2.13. The van der Waals surface area contributed by atoms with Gasteiger partial charge < -0.3 is 5.32 Å². The van der Waals surface area contributed by atoms with Gasteiger partial charge in [0.2, 0.25) is 10.0 Å². The first-order chi connectivity index (χ1) is 7.47. The first-order valence-corrected chi connectivity index (χ1v) is 7.81. The largest absolute Gasteiger partial charge is 0.313 e. The van der Waals surface area contributed by atoms with E-state index in [0.717, 1.165) is 25.8 Å². The summed E-state index contributed by atoms with van der Waals surface area (Å²) in [5.74, 6) is 0.249. The molecule has 1 N–H and O–H groups in total. The lowest BCUT2D eigenvalue weighted by molar-refractivity contribution is 0.358. The molecule has 1 heterocycles. The van der Waals surface area contributed by atoms with Crippen molar-refractivity contribution in [3.05, 3.63) is 0 Å². The summed E-state index contributed by atoms with van der Waals surface area (Å²) in [6.45, 7) is 7.26. The molecule has 1 aliphatic heterocycles. The van der Waals surface area contributed by atoms with E-state index in [1.165, 1.54) is 0 Å². The third-order valence-electron chi connectivity index (χ3n) is 3.07. The summed E-state index contributed by atoms with van der Waals surface area (Å²) in [6, 6.07) is 0.199.